The monoisotopic (exact) mass is 368 g/mol. The molecule has 2 unspecified atom stereocenters. The summed E-state index contributed by atoms with van der Waals surface area (Å²) in [7, 11) is 0. The molecule has 5 heteroatoms. The highest BCUT2D eigenvalue weighted by molar-refractivity contribution is 8.01. The van der Waals surface area contributed by atoms with Crippen molar-refractivity contribution in [2.45, 2.75) is 16.4 Å². The van der Waals surface area contributed by atoms with Gasteiger partial charge in [0.2, 0.25) is 0 Å². The van der Waals surface area contributed by atoms with Crippen molar-refractivity contribution in [3.8, 4) is 0 Å². The van der Waals surface area contributed by atoms with Crippen molar-refractivity contribution in [3.05, 3.63) is 90.5 Å². The topological polar surface area (TPSA) is 33.4 Å². The highest BCUT2D eigenvalue weighted by atomic mass is 32.2. The second-order valence-electron chi connectivity index (χ2n) is 6.75. The Morgan fingerprint density at radius 3 is 2.30 bits per heavy atom. The van der Waals surface area contributed by atoms with E-state index in [2.05, 4.69) is 82.4 Å². The number of aromatic nitrogens is 2. The lowest BCUT2D eigenvalue weighted by atomic mass is 10.0. The van der Waals surface area contributed by atoms with E-state index >= 15 is 0 Å². The fraction of sp³-hybridized carbons (Fsp3) is 0.0909. The van der Waals surface area contributed by atoms with Crippen LogP contribution in [0.5, 0.6) is 0 Å². The van der Waals surface area contributed by atoms with Crippen LogP contribution in [0.3, 0.4) is 0 Å². The van der Waals surface area contributed by atoms with Gasteiger partial charge in [-0.05, 0) is 29.8 Å². The van der Waals surface area contributed by atoms with Crippen LogP contribution in [-0.4, -0.2) is 20.6 Å². The number of fused-ring (bicyclic) bond motifs is 5. The molecule has 27 heavy (non-hydrogen) atoms. The summed E-state index contributed by atoms with van der Waals surface area (Å²) in [5.74, 6) is 1.07. The largest absolute Gasteiger partial charge is 0.272 e. The zero-order valence-electron chi connectivity index (χ0n) is 14.4. The quantitative estimate of drug-likeness (QED) is 0.503. The first kappa shape index (κ1) is 15.1. The molecule has 2 atom stereocenters. The van der Waals surface area contributed by atoms with Gasteiger partial charge in [0, 0.05) is 0 Å². The molecular formula is C22H16N4S. The normalized spacial score (nSPS) is 20.6. The standard InChI is InChI=1S/C22H16N4S/c1-3-9-15(10-4-1)19-20-21(24-26(19)16-11-5-2-6-12-16)25-18-14-8-7-13-17(18)23-22(25)27-20/h1-14,19-20H. The maximum atomic E-state index is 5.09. The SMILES string of the molecule is c1ccc(C2C3Sc4nc5ccccc5n4C3=NN2c2ccccc2)cc1. The third-order valence-corrected chi connectivity index (χ3v) is 6.38. The summed E-state index contributed by atoms with van der Waals surface area (Å²) in [6, 6.07) is 29.5. The Bertz CT molecular complexity index is 1170. The van der Waals surface area contributed by atoms with Crippen LogP contribution in [-0.2, 0) is 0 Å². The van der Waals surface area contributed by atoms with Crippen LogP contribution in [0.2, 0.25) is 0 Å². The van der Waals surface area contributed by atoms with Crippen LogP contribution < -0.4 is 5.01 Å². The first-order valence-corrected chi connectivity index (χ1v) is 9.90. The van der Waals surface area contributed by atoms with Crippen molar-refractivity contribution in [2.24, 2.45) is 5.10 Å². The molecule has 130 valence electrons. The predicted molar refractivity (Wildman–Crippen MR) is 110 cm³/mol. The Morgan fingerprint density at radius 1 is 0.778 bits per heavy atom. The lowest BCUT2D eigenvalue weighted by Gasteiger charge is -2.26. The number of anilines is 1. The minimum absolute atomic E-state index is 0.147. The molecule has 0 radical (unpaired) electrons. The Morgan fingerprint density at radius 2 is 1.48 bits per heavy atom. The number of imidazole rings is 1. The second-order valence-corrected chi connectivity index (χ2v) is 7.86. The van der Waals surface area contributed by atoms with Crippen molar-refractivity contribution < 1.29 is 0 Å². The fourth-order valence-electron chi connectivity index (χ4n) is 3.97. The molecule has 0 saturated heterocycles. The number of para-hydroxylation sites is 3. The number of hydrogen-bond donors (Lipinski definition) is 0. The molecule has 4 aromatic rings. The van der Waals surface area contributed by atoms with Crippen LogP contribution in [0, 0.1) is 0 Å². The third kappa shape index (κ3) is 2.18. The summed E-state index contributed by atoms with van der Waals surface area (Å²) in [5.41, 5.74) is 4.53. The van der Waals surface area contributed by atoms with E-state index in [1.807, 2.05) is 23.9 Å². The van der Waals surface area contributed by atoms with E-state index in [1.54, 1.807) is 0 Å². The van der Waals surface area contributed by atoms with Crippen LogP contribution in [0.25, 0.3) is 11.0 Å². The minimum atomic E-state index is 0.147. The summed E-state index contributed by atoms with van der Waals surface area (Å²) in [6.07, 6.45) is 0. The van der Waals surface area contributed by atoms with Crippen molar-refractivity contribution >= 4 is 34.3 Å². The molecule has 0 saturated carbocycles. The lowest BCUT2D eigenvalue weighted by Crippen LogP contribution is -2.26. The minimum Gasteiger partial charge on any atom is -0.272 e. The molecule has 0 N–H and O–H groups in total. The molecule has 2 aliphatic rings. The first-order valence-electron chi connectivity index (χ1n) is 9.02. The Hall–Kier alpha value is -3.05. The highest BCUT2D eigenvalue weighted by Crippen LogP contribution is 2.48. The van der Waals surface area contributed by atoms with Crippen LogP contribution >= 0.6 is 11.8 Å². The average molecular weight is 368 g/mol. The van der Waals surface area contributed by atoms with Gasteiger partial charge in [0.25, 0.3) is 0 Å². The summed E-state index contributed by atoms with van der Waals surface area (Å²) in [6.45, 7) is 0. The molecule has 0 amide bonds. The van der Waals surface area contributed by atoms with Gasteiger partial charge in [0.15, 0.2) is 11.0 Å². The number of thioether (sulfide) groups is 1. The molecule has 0 bridgehead atoms. The second kappa shape index (κ2) is 5.72. The summed E-state index contributed by atoms with van der Waals surface area (Å²) < 4.78 is 2.23. The molecular weight excluding hydrogens is 352 g/mol. The summed E-state index contributed by atoms with van der Waals surface area (Å²) in [5, 5.41) is 8.52. The van der Waals surface area contributed by atoms with Gasteiger partial charge in [-0.1, -0.05) is 72.4 Å². The molecule has 3 aromatic carbocycles. The fourth-order valence-corrected chi connectivity index (χ4v) is 5.31. The Balaban J connectivity index is 1.55. The zero-order chi connectivity index (χ0) is 17.8. The van der Waals surface area contributed by atoms with Crippen molar-refractivity contribution in [2.75, 3.05) is 5.01 Å². The van der Waals surface area contributed by atoms with Gasteiger partial charge in [-0.2, -0.15) is 5.10 Å². The van der Waals surface area contributed by atoms with E-state index in [0.717, 1.165) is 27.7 Å². The Labute approximate surface area is 161 Å². The number of hydrazone groups is 1. The van der Waals surface area contributed by atoms with Crippen LogP contribution in [0.15, 0.2) is 95.2 Å². The molecule has 6 rings (SSSR count). The number of rotatable bonds is 2. The van der Waals surface area contributed by atoms with Gasteiger partial charge in [0.1, 0.15) is 0 Å². The molecule has 0 aliphatic carbocycles. The van der Waals surface area contributed by atoms with E-state index in [-0.39, 0.29) is 11.3 Å². The van der Waals surface area contributed by atoms with Crippen LogP contribution in [0.4, 0.5) is 5.69 Å². The molecule has 0 spiro atoms. The average Bonchev–Trinajstić information content (AvgIpc) is 3.36. The van der Waals surface area contributed by atoms with Gasteiger partial charge in [-0.25, -0.2) is 4.98 Å². The summed E-state index contributed by atoms with van der Waals surface area (Å²) >= 11 is 1.81. The summed E-state index contributed by atoms with van der Waals surface area (Å²) in [4.78, 5) is 4.83. The van der Waals surface area contributed by atoms with E-state index in [0.29, 0.717) is 0 Å². The predicted octanol–water partition coefficient (Wildman–Crippen LogP) is 4.93. The van der Waals surface area contributed by atoms with E-state index in [9.17, 15) is 0 Å². The van der Waals surface area contributed by atoms with Crippen molar-refractivity contribution in [3.63, 3.8) is 0 Å². The van der Waals surface area contributed by atoms with Gasteiger partial charge < -0.3 is 0 Å². The van der Waals surface area contributed by atoms with Crippen molar-refractivity contribution in [1.82, 2.24) is 9.55 Å². The maximum absolute atomic E-state index is 5.09. The zero-order valence-corrected chi connectivity index (χ0v) is 15.3. The highest BCUT2D eigenvalue weighted by Gasteiger charge is 2.46. The number of benzene rings is 3. The first-order chi connectivity index (χ1) is 13.4. The molecule has 3 heterocycles. The van der Waals surface area contributed by atoms with Crippen molar-refractivity contribution in [1.29, 1.82) is 0 Å². The van der Waals surface area contributed by atoms with Gasteiger partial charge in [-0.15, -0.1) is 0 Å². The number of hydrogen-bond acceptors (Lipinski definition) is 4. The van der Waals surface area contributed by atoms with E-state index in [1.165, 1.54) is 5.56 Å². The maximum Gasteiger partial charge on any atom is 0.175 e. The molecule has 0 fully saturated rings. The smallest absolute Gasteiger partial charge is 0.175 e. The van der Waals surface area contributed by atoms with E-state index < -0.39 is 0 Å². The lowest BCUT2D eigenvalue weighted by molar-refractivity contribution is 0.718. The Kier molecular flexibility index (Phi) is 3.19. The van der Waals surface area contributed by atoms with Crippen LogP contribution in [0.1, 0.15) is 11.6 Å². The van der Waals surface area contributed by atoms with Gasteiger partial charge in [-0.3, -0.25) is 9.58 Å². The molecule has 4 nitrogen and oxygen atoms in total. The van der Waals surface area contributed by atoms with E-state index in [4.69, 9.17) is 10.1 Å². The molecule has 2 aliphatic heterocycles. The van der Waals surface area contributed by atoms with Gasteiger partial charge >= 0.3 is 0 Å². The third-order valence-electron chi connectivity index (χ3n) is 5.17. The van der Waals surface area contributed by atoms with Gasteiger partial charge in [0.05, 0.1) is 28.0 Å². The molecule has 1 aromatic heterocycles. The number of nitrogens with zero attached hydrogens (tertiary/aromatic N) is 4.